The van der Waals surface area contributed by atoms with E-state index in [0.717, 1.165) is 12.0 Å². The van der Waals surface area contributed by atoms with E-state index in [9.17, 15) is 15.0 Å². The zero-order valence-electron chi connectivity index (χ0n) is 14.6. The van der Waals surface area contributed by atoms with E-state index in [1.807, 2.05) is 51.1 Å². The van der Waals surface area contributed by atoms with Crippen LogP contribution in [0.5, 0.6) is 0 Å². The summed E-state index contributed by atoms with van der Waals surface area (Å²) < 4.78 is 0. The van der Waals surface area contributed by atoms with Crippen molar-refractivity contribution >= 4 is 5.97 Å². The first kappa shape index (κ1) is 19.4. The Kier molecular flexibility index (Phi) is 7.01. The van der Waals surface area contributed by atoms with Gasteiger partial charge in [-0.3, -0.25) is 4.79 Å². The fourth-order valence-electron chi connectivity index (χ4n) is 3.25. The number of aryl methyl sites for hydroxylation is 1. The molecule has 1 aromatic carbocycles. The smallest absolute Gasteiger partial charge is 0.312 e. The van der Waals surface area contributed by atoms with Crippen molar-refractivity contribution < 1.29 is 15.0 Å². The fraction of sp³-hybridized carbons (Fsp3) is 0.550. The number of carbonyl (C=O) groups is 1. The van der Waals surface area contributed by atoms with Gasteiger partial charge in [-0.15, -0.1) is 6.58 Å². The summed E-state index contributed by atoms with van der Waals surface area (Å²) in [7, 11) is 0. The Hall–Kier alpha value is -1.61. The maximum atomic E-state index is 12.1. The minimum Gasteiger partial charge on any atom is -0.481 e. The highest BCUT2D eigenvalue weighted by Gasteiger charge is 2.47. The zero-order valence-corrected chi connectivity index (χ0v) is 14.6. The minimum absolute atomic E-state index is 0.332. The van der Waals surface area contributed by atoms with Crippen molar-refractivity contribution in [3.63, 3.8) is 0 Å². The van der Waals surface area contributed by atoms with Gasteiger partial charge in [0.15, 0.2) is 0 Å². The summed E-state index contributed by atoms with van der Waals surface area (Å²) in [6, 6.07) is 9.87. The first-order valence-electron chi connectivity index (χ1n) is 8.36. The number of aliphatic hydroxyl groups is 1. The van der Waals surface area contributed by atoms with Crippen molar-refractivity contribution in [3.8, 4) is 0 Å². The molecule has 2 atom stereocenters. The summed E-state index contributed by atoms with van der Waals surface area (Å²) in [6.45, 7) is 9.71. The van der Waals surface area contributed by atoms with E-state index in [0.29, 0.717) is 25.7 Å². The largest absolute Gasteiger partial charge is 0.481 e. The van der Waals surface area contributed by atoms with Crippen molar-refractivity contribution in [2.24, 2.45) is 10.8 Å². The number of aliphatic carboxylic acids is 1. The van der Waals surface area contributed by atoms with Gasteiger partial charge in [0.05, 0.1) is 11.5 Å². The fourth-order valence-corrected chi connectivity index (χ4v) is 3.25. The SMILES string of the molecule is C=CC(C)(C)CC(CCC)(C(=O)O)[C@H](O)CCc1ccccc1. The van der Waals surface area contributed by atoms with E-state index in [1.165, 1.54) is 0 Å². The van der Waals surface area contributed by atoms with E-state index >= 15 is 0 Å². The summed E-state index contributed by atoms with van der Waals surface area (Å²) in [5.74, 6) is -0.908. The van der Waals surface area contributed by atoms with Crippen LogP contribution < -0.4 is 0 Å². The Balaban J connectivity index is 2.97. The van der Waals surface area contributed by atoms with Crippen molar-refractivity contribution in [1.82, 2.24) is 0 Å². The number of aliphatic hydroxyl groups excluding tert-OH is 1. The van der Waals surface area contributed by atoms with Crippen LogP contribution in [0.2, 0.25) is 0 Å². The molecule has 2 N–H and O–H groups in total. The van der Waals surface area contributed by atoms with E-state index in [-0.39, 0.29) is 5.41 Å². The first-order valence-corrected chi connectivity index (χ1v) is 8.36. The summed E-state index contributed by atoms with van der Waals surface area (Å²) in [5, 5.41) is 20.7. The highest BCUT2D eigenvalue weighted by Crippen LogP contribution is 2.42. The van der Waals surface area contributed by atoms with E-state index in [1.54, 1.807) is 6.08 Å². The third-order valence-electron chi connectivity index (χ3n) is 4.63. The minimum atomic E-state index is -1.12. The second-order valence-corrected chi connectivity index (χ2v) is 7.12. The Labute approximate surface area is 140 Å². The molecule has 0 aliphatic rings. The Morgan fingerprint density at radius 3 is 2.39 bits per heavy atom. The second kappa shape index (κ2) is 8.30. The molecule has 23 heavy (non-hydrogen) atoms. The summed E-state index contributed by atoms with van der Waals surface area (Å²) >= 11 is 0. The van der Waals surface area contributed by atoms with Crippen LogP contribution in [0.1, 0.15) is 52.0 Å². The van der Waals surface area contributed by atoms with Gasteiger partial charge in [0.25, 0.3) is 0 Å². The van der Waals surface area contributed by atoms with Crippen LogP contribution in [-0.2, 0) is 11.2 Å². The molecule has 3 heteroatoms. The molecule has 0 amide bonds. The molecule has 1 aromatic rings. The van der Waals surface area contributed by atoms with Gasteiger partial charge in [0.2, 0.25) is 0 Å². The lowest BCUT2D eigenvalue weighted by molar-refractivity contribution is -0.160. The molecule has 1 unspecified atom stereocenters. The van der Waals surface area contributed by atoms with Crippen LogP contribution in [0, 0.1) is 10.8 Å². The van der Waals surface area contributed by atoms with Crippen molar-refractivity contribution in [2.45, 2.75) is 59.0 Å². The van der Waals surface area contributed by atoms with Crippen LogP contribution in [0.3, 0.4) is 0 Å². The number of carboxylic acids is 1. The molecule has 3 nitrogen and oxygen atoms in total. The monoisotopic (exact) mass is 318 g/mol. The lowest BCUT2D eigenvalue weighted by atomic mass is 9.66. The highest BCUT2D eigenvalue weighted by molar-refractivity contribution is 5.75. The zero-order chi connectivity index (χ0) is 17.5. The summed E-state index contributed by atoms with van der Waals surface area (Å²) in [5.41, 5.74) is -0.340. The van der Waals surface area contributed by atoms with Crippen LogP contribution in [0.4, 0.5) is 0 Å². The van der Waals surface area contributed by atoms with Crippen molar-refractivity contribution in [2.75, 3.05) is 0 Å². The molecule has 128 valence electrons. The molecular formula is C20H30O3. The molecule has 0 fully saturated rings. The quantitative estimate of drug-likeness (QED) is 0.626. The normalized spacial score (nSPS) is 15.7. The Morgan fingerprint density at radius 2 is 1.91 bits per heavy atom. The molecule has 0 radical (unpaired) electrons. The third kappa shape index (κ3) is 5.21. The van der Waals surface area contributed by atoms with Gasteiger partial charge in [0, 0.05) is 0 Å². The maximum absolute atomic E-state index is 12.1. The van der Waals surface area contributed by atoms with Gasteiger partial charge in [-0.2, -0.15) is 0 Å². The van der Waals surface area contributed by atoms with Crippen LogP contribution in [-0.4, -0.2) is 22.3 Å². The number of carboxylic acid groups (broad SMARTS) is 1. The average molecular weight is 318 g/mol. The second-order valence-electron chi connectivity index (χ2n) is 7.12. The first-order chi connectivity index (χ1) is 10.8. The molecule has 0 bridgehead atoms. The molecule has 1 rings (SSSR count). The van der Waals surface area contributed by atoms with Crippen LogP contribution in [0.15, 0.2) is 43.0 Å². The molecule has 0 heterocycles. The van der Waals surface area contributed by atoms with Gasteiger partial charge in [0.1, 0.15) is 0 Å². The lowest BCUT2D eigenvalue weighted by Crippen LogP contribution is -2.45. The van der Waals surface area contributed by atoms with E-state index in [2.05, 4.69) is 6.58 Å². The number of hydrogen-bond donors (Lipinski definition) is 2. The Morgan fingerprint density at radius 1 is 1.30 bits per heavy atom. The third-order valence-corrected chi connectivity index (χ3v) is 4.63. The number of allylic oxidation sites excluding steroid dienone is 1. The van der Waals surface area contributed by atoms with Crippen molar-refractivity contribution in [1.29, 1.82) is 0 Å². The predicted octanol–water partition coefficient (Wildman–Crippen LogP) is 4.45. The average Bonchev–Trinajstić information content (AvgIpc) is 2.52. The maximum Gasteiger partial charge on any atom is 0.312 e. The summed E-state index contributed by atoms with van der Waals surface area (Å²) in [4.78, 5) is 12.1. The predicted molar refractivity (Wildman–Crippen MR) is 94.3 cm³/mol. The van der Waals surface area contributed by atoms with Crippen LogP contribution >= 0.6 is 0 Å². The molecule has 0 spiro atoms. The standard InChI is InChI=1S/C20H30O3/c1-5-14-20(18(22)23,15-19(3,4)6-2)17(21)13-12-16-10-8-7-9-11-16/h6-11,17,21H,2,5,12-15H2,1,3-4H3,(H,22,23)/t17-,20?/m1/s1. The van der Waals surface area contributed by atoms with E-state index in [4.69, 9.17) is 0 Å². The van der Waals surface area contributed by atoms with Gasteiger partial charge in [-0.25, -0.2) is 0 Å². The van der Waals surface area contributed by atoms with Gasteiger partial charge in [-0.05, 0) is 36.7 Å². The number of rotatable bonds is 10. The highest BCUT2D eigenvalue weighted by atomic mass is 16.4. The number of hydrogen-bond acceptors (Lipinski definition) is 2. The van der Waals surface area contributed by atoms with Crippen molar-refractivity contribution in [3.05, 3.63) is 48.6 Å². The lowest BCUT2D eigenvalue weighted by Gasteiger charge is -2.39. The molecule has 0 aliphatic carbocycles. The molecule has 0 saturated carbocycles. The van der Waals surface area contributed by atoms with E-state index < -0.39 is 17.5 Å². The van der Waals surface area contributed by atoms with Gasteiger partial charge in [-0.1, -0.05) is 63.6 Å². The molecule has 0 aromatic heterocycles. The topological polar surface area (TPSA) is 57.5 Å². The Bertz CT molecular complexity index is 507. The molecular weight excluding hydrogens is 288 g/mol. The number of benzene rings is 1. The molecule has 0 aliphatic heterocycles. The van der Waals surface area contributed by atoms with Gasteiger partial charge >= 0.3 is 5.97 Å². The van der Waals surface area contributed by atoms with Crippen LogP contribution in [0.25, 0.3) is 0 Å². The summed E-state index contributed by atoms with van der Waals surface area (Å²) in [6.07, 6.45) is 3.61. The van der Waals surface area contributed by atoms with Gasteiger partial charge < -0.3 is 10.2 Å². The molecule has 0 saturated heterocycles.